The lowest BCUT2D eigenvalue weighted by Crippen LogP contribution is -2.15. The molecule has 0 aliphatic carbocycles. The number of aromatic hydroxyl groups is 1. The second kappa shape index (κ2) is 4.87. The van der Waals surface area contributed by atoms with Crippen LogP contribution in [0.4, 0.5) is 0 Å². The van der Waals surface area contributed by atoms with Gasteiger partial charge in [-0.3, -0.25) is 0 Å². The monoisotopic (exact) mass is 179 g/mol. The average molecular weight is 179 g/mol. The fourth-order valence-corrected chi connectivity index (χ4v) is 1.41. The number of phenolic OH excluding ortho intramolecular Hbond substituents is 1. The average Bonchev–Trinajstić information content (AvgIpc) is 2.14. The predicted molar refractivity (Wildman–Crippen MR) is 54.6 cm³/mol. The van der Waals surface area contributed by atoms with Crippen molar-refractivity contribution >= 4 is 0 Å². The van der Waals surface area contributed by atoms with E-state index in [2.05, 4.69) is 6.92 Å². The first-order chi connectivity index (χ1) is 6.26. The Morgan fingerprint density at radius 3 is 2.77 bits per heavy atom. The lowest BCUT2D eigenvalue weighted by atomic mass is 9.97. The van der Waals surface area contributed by atoms with Crippen LogP contribution in [0.3, 0.4) is 0 Å². The largest absolute Gasteiger partial charge is 0.508 e. The maximum Gasteiger partial charge on any atom is 0.115 e. The van der Waals surface area contributed by atoms with Crippen molar-refractivity contribution in [1.82, 2.24) is 0 Å². The van der Waals surface area contributed by atoms with Gasteiger partial charge in [0.05, 0.1) is 0 Å². The van der Waals surface area contributed by atoms with Crippen LogP contribution in [0.15, 0.2) is 24.3 Å². The van der Waals surface area contributed by atoms with Gasteiger partial charge in [0.1, 0.15) is 5.75 Å². The lowest BCUT2D eigenvalue weighted by Gasteiger charge is -2.11. The fourth-order valence-electron chi connectivity index (χ4n) is 1.41. The Kier molecular flexibility index (Phi) is 3.77. The van der Waals surface area contributed by atoms with Crippen molar-refractivity contribution in [3.05, 3.63) is 29.8 Å². The summed E-state index contributed by atoms with van der Waals surface area (Å²) in [6, 6.07) is 7.39. The maximum absolute atomic E-state index is 9.24. The summed E-state index contributed by atoms with van der Waals surface area (Å²) in [5, 5.41) is 9.24. The van der Waals surface area contributed by atoms with Gasteiger partial charge in [0.25, 0.3) is 0 Å². The molecular weight excluding hydrogens is 162 g/mol. The van der Waals surface area contributed by atoms with E-state index < -0.39 is 0 Å². The normalized spacial score (nSPS) is 12.8. The molecule has 0 radical (unpaired) electrons. The van der Waals surface area contributed by atoms with Crippen molar-refractivity contribution in [2.24, 2.45) is 11.7 Å². The molecule has 0 saturated heterocycles. The van der Waals surface area contributed by atoms with Gasteiger partial charge in [0.15, 0.2) is 0 Å². The van der Waals surface area contributed by atoms with Crippen molar-refractivity contribution < 1.29 is 5.11 Å². The molecule has 0 heterocycles. The molecule has 0 spiro atoms. The van der Waals surface area contributed by atoms with Gasteiger partial charge in [-0.15, -0.1) is 0 Å². The van der Waals surface area contributed by atoms with Crippen LogP contribution in [0.5, 0.6) is 5.75 Å². The summed E-state index contributed by atoms with van der Waals surface area (Å²) < 4.78 is 0. The summed E-state index contributed by atoms with van der Waals surface area (Å²) in [7, 11) is 0. The molecule has 0 amide bonds. The van der Waals surface area contributed by atoms with Crippen LogP contribution in [-0.4, -0.2) is 11.7 Å². The molecule has 1 aromatic rings. The third-order valence-electron chi connectivity index (χ3n) is 2.35. The predicted octanol–water partition coefficient (Wildman–Crippen LogP) is 1.92. The van der Waals surface area contributed by atoms with E-state index in [0.717, 1.165) is 18.4 Å². The molecule has 3 N–H and O–H groups in total. The molecule has 0 aliphatic heterocycles. The van der Waals surface area contributed by atoms with Crippen molar-refractivity contribution in [2.45, 2.75) is 19.8 Å². The number of nitrogens with two attached hydrogens (primary N) is 1. The Bertz CT molecular complexity index is 256. The molecule has 72 valence electrons. The lowest BCUT2D eigenvalue weighted by molar-refractivity contribution is 0.471. The molecule has 13 heavy (non-hydrogen) atoms. The molecule has 0 fully saturated rings. The quantitative estimate of drug-likeness (QED) is 0.741. The second-order valence-corrected chi connectivity index (χ2v) is 3.38. The molecule has 1 atom stereocenters. The molecule has 1 rings (SSSR count). The highest BCUT2D eigenvalue weighted by atomic mass is 16.3. The molecule has 0 aliphatic rings. The molecular formula is C11H17NO. The van der Waals surface area contributed by atoms with Crippen LogP contribution in [0.1, 0.15) is 18.9 Å². The van der Waals surface area contributed by atoms with E-state index in [1.54, 1.807) is 12.1 Å². The van der Waals surface area contributed by atoms with Crippen LogP contribution < -0.4 is 5.73 Å². The Labute approximate surface area is 79.4 Å². The van der Waals surface area contributed by atoms with Gasteiger partial charge >= 0.3 is 0 Å². The van der Waals surface area contributed by atoms with E-state index in [1.165, 1.54) is 0 Å². The standard InChI is InChI=1S/C11H17NO/c1-2-9(8-12)6-10-4-3-5-11(13)7-10/h3-5,7,9,13H,2,6,8,12H2,1H3. The Balaban J connectivity index is 2.62. The summed E-state index contributed by atoms with van der Waals surface area (Å²) in [6.07, 6.45) is 2.05. The minimum Gasteiger partial charge on any atom is -0.508 e. The Hall–Kier alpha value is -1.02. The molecule has 1 aromatic carbocycles. The summed E-state index contributed by atoms with van der Waals surface area (Å²) in [5.74, 6) is 0.867. The van der Waals surface area contributed by atoms with Crippen LogP contribution in [0.2, 0.25) is 0 Å². The summed E-state index contributed by atoms with van der Waals surface area (Å²) in [5.41, 5.74) is 6.77. The van der Waals surface area contributed by atoms with Crippen molar-refractivity contribution in [3.63, 3.8) is 0 Å². The Morgan fingerprint density at radius 1 is 1.46 bits per heavy atom. The third kappa shape index (κ3) is 3.07. The van der Waals surface area contributed by atoms with Gasteiger partial charge in [-0.1, -0.05) is 25.5 Å². The van der Waals surface area contributed by atoms with Gasteiger partial charge in [0.2, 0.25) is 0 Å². The highest BCUT2D eigenvalue weighted by Gasteiger charge is 2.04. The fraction of sp³-hybridized carbons (Fsp3) is 0.455. The van der Waals surface area contributed by atoms with Crippen molar-refractivity contribution in [1.29, 1.82) is 0 Å². The summed E-state index contributed by atoms with van der Waals surface area (Å²) in [6.45, 7) is 2.85. The third-order valence-corrected chi connectivity index (χ3v) is 2.35. The van der Waals surface area contributed by atoms with Gasteiger partial charge < -0.3 is 10.8 Å². The van der Waals surface area contributed by atoms with Gasteiger partial charge in [-0.25, -0.2) is 0 Å². The minimum absolute atomic E-state index is 0.337. The van der Waals surface area contributed by atoms with E-state index >= 15 is 0 Å². The highest BCUT2D eigenvalue weighted by Crippen LogP contribution is 2.15. The van der Waals surface area contributed by atoms with E-state index in [1.807, 2.05) is 12.1 Å². The zero-order valence-corrected chi connectivity index (χ0v) is 8.03. The Morgan fingerprint density at radius 2 is 2.23 bits per heavy atom. The van der Waals surface area contributed by atoms with Crippen molar-refractivity contribution in [2.75, 3.05) is 6.54 Å². The zero-order valence-electron chi connectivity index (χ0n) is 8.03. The molecule has 0 saturated carbocycles. The maximum atomic E-state index is 9.24. The number of rotatable bonds is 4. The molecule has 2 heteroatoms. The zero-order chi connectivity index (χ0) is 9.68. The first-order valence-corrected chi connectivity index (χ1v) is 4.74. The van der Waals surface area contributed by atoms with Crippen LogP contribution in [-0.2, 0) is 6.42 Å². The highest BCUT2D eigenvalue weighted by molar-refractivity contribution is 5.27. The van der Waals surface area contributed by atoms with E-state index in [9.17, 15) is 5.11 Å². The second-order valence-electron chi connectivity index (χ2n) is 3.38. The molecule has 0 bridgehead atoms. The van der Waals surface area contributed by atoms with Crippen LogP contribution in [0.25, 0.3) is 0 Å². The van der Waals surface area contributed by atoms with E-state index in [-0.39, 0.29) is 0 Å². The summed E-state index contributed by atoms with van der Waals surface area (Å²) in [4.78, 5) is 0. The number of benzene rings is 1. The van der Waals surface area contributed by atoms with Crippen LogP contribution >= 0.6 is 0 Å². The number of hydrogen-bond acceptors (Lipinski definition) is 2. The van der Waals surface area contributed by atoms with Crippen molar-refractivity contribution in [3.8, 4) is 5.75 Å². The van der Waals surface area contributed by atoms with Crippen LogP contribution in [0, 0.1) is 5.92 Å². The number of hydrogen-bond donors (Lipinski definition) is 2. The minimum atomic E-state index is 0.337. The van der Waals surface area contributed by atoms with E-state index in [4.69, 9.17) is 5.73 Å². The first kappa shape index (κ1) is 10.1. The smallest absolute Gasteiger partial charge is 0.115 e. The van der Waals surface area contributed by atoms with E-state index in [0.29, 0.717) is 18.2 Å². The number of phenols is 1. The molecule has 0 aromatic heterocycles. The van der Waals surface area contributed by atoms with Gasteiger partial charge in [0, 0.05) is 0 Å². The summed E-state index contributed by atoms with van der Waals surface area (Å²) >= 11 is 0. The first-order valence-electron chi connectivity index (χ1n) is 4.74. The SMILES string of the molecule is CCC(CN)Cc1cccc(O)c1. The van der Waals surface area contributed by atoms with Gasteiger partial charge in [-0.05, 0) is 36.6 Å². The molecule has 1 unspecified atom stereocenters. The van der Waals surface area contributed by atoms with Gasteiger partial charge in [-0.2, -0.15) is 0 Å². The molecule has 2 nitrogen and oxygen atoms in total. The topological polar surface area (TPSA) is 46.2 Å².